The molecule has 1 saturated heterocycles. The lowest BCUT2D eigenvalue weighted by molar-refractivity contribution is -0.122. The van der Waals surface area contributed by atoms with Crippen LogP contribution in [0.25, 0.3) is 11.7 Å². The van der Waals surface area contributed by atoms with E-state index in [-0.39, 0.29) is 11.5 Å². The van der Waals surface area contributed by atoms with Gasteiger partial charge in [-0.15, -0.1) is 0 Å². The molecule has 1 aromatic carbocycles. The van der Waals surface area contributed by atoms with Crippen LogP contribution in [0.3, 0.4) is 0 Å². The second-order valence-corrected chi connectivity index (χ2v) is 9.20. The number of carbonyl (C=O) groups excluding carboxylic acids is 1. The lowest BCUT2D eigenvalue weighted by Crippen LogP contribution is -2.30. The molecule has 33 heavy (non-hydrogen) atoms. The van der Waals surface area contributed by atoms with Crippen molar-refractivity contribution in [3.63, 3.8) is 0 Å². The smallest absolute Gasteiger partial charge is 0.267 e. The van der Waals surface area contributed by atoms with Crippen molar-refractivity contribution >= 4 is 51.7 Å². The Morgan fingerprint density at radius 2 is 1.97 bits per heavy atom. The van der Waals surface area contributed by atoms with Gasteiger partial charge < -0.3 is 10.1 Å². The fraction of sp³-hybridized carbons (Fsp3) is 0.250. The number of hydrogen-bond donors (Lipinski definition) is 1. The highest BCUT2D eigenvalue weighted by Crippen LogP contribution is 2.33. The third-order valence-electron chi connectivity index (χ3n) is 5.36. The number of nitrogens with one attached hydrogen (secondary N) is 1. The normalized spacial score (nSPS) is 15.0. The summed E-state index contributed by atoms with van der Waals surface area (Å²) in [7, 11) is 1.63. The molecule has 0 aliphatic carbocycles. The van der Waals surface area contributed by atoms with Gasteiger partial charge in [-0.3, -0.25) is 18.9 Å². The molecular formula is C24H24N4O3S2. The Morgan fingerprint density at radius 3 is 2.67 bits per heavy atom. The summed E-state index contributed by atoms with van der Waals surface area (Å²) in [5.41, 5.74) is 2.67. The topological polar surface area (TPSA) is 75.9 Å². The number of anilines is 1. The van der Waals surface area contributed by atoms with E-state index in [0.29, 0.717) is 45.8 Å². The van der Waals surface area contributed by atoms with Crippen LogP contribution in [-0.4, -0.2) is 44.7 Å². The number of rotatable bonds is 7. The molecule has 0 saturated carbocycles. The number of thiocarbonyl (C=S) groups is 1. The number of ether oxygens (including phenoxy) is 1. The number of aromatic nitrogens is 2. The number of hydrogen-bond acceptors (Lipinski definition) is 7. The zero-order valence-electron chi connectivity index (χ0n) is 18.6. The van der Waals surface area contributed by atoms with Crippen molar-refractivity contribution in [3.8, 4) is 5.75 Å². The van der Waals surface area contributed by atoms with Crippen LogP contribution in [0.1, 0.15) is 23.6 Å². The fourth-order valence-corrected chi connectivity index (χ4v) is 4.89. The highest BCUT2D eigenvalue weighted by Gasteiger charge is 2.32. The minimum absolute atomic E-state index is 0.199. The number of nitrogens with zero attached hydrogens (tertiary/aromatic N) is 3. The average molecular weight is 481 g/mol. The van der Waals surface area contributed by atoms with E-state index in [9.17, 15) is 9.59 Å². The number of benzene rings is 1. The molecule has 170 valence electrons. The maximum atomic E-state index is 13.3. The lowest BCUT2D eigenvalue weighted by Gasteiger charge is -2.14. The van der Waals surface area contributed by atoms with Gasteiger partial charge in [0.15, 0.2) is 0 Å². The summed E-state index contributed by atoms with van der Waals surface area (Å²) in [5.74, 6) is 1.05. The van der Waals surface area contributed by atoms with E-state index >= 15 is 0 Å². The van der Waals surface area contributed by atoms with Gasteiger partial charge >= 0.3 is 0 Å². The molecule has 9 heteroatoms. The summed E-state index contributed by atoms with van der Waals surface area (Å²) >= 11 is 6.68. The SMILES string of the molecule is CCNc1nc2c(C)cccn2c(=O)c1/C=C1/SC(=S)N(CCc2ccc(OC)cc2)C1=O. The predicted octanol–water partition coefficient (Wildman–Crippen LogP) is 3.89. The lowest BCUT2D eigenvalue weighted by atomic mass is 10.1. The number of carbonyl (C=O) groups is 1. The molecule has 0 bridgehead atoms. The highest BCUT2D eigenvalue weighted by atomic mass is 32.2. The van der Waals surface area contributed by atoms with E-state index < -0.39 is 0 Å². The van der Waals surface area contributed by atoms with Crippen LogP contribution in [0.4, 0.5) is 5.82 Å². The maximum Gasteiger partial charge on any atom is 0.267 e. The number of aryl methyl sites for hydroxylation is 1. The van der Waals surface area contributed by atoms with Crippen LogP contribution in [0.5, 0.6) is 5.75 Å². The zero-order chi connectivity index (χ0) is 23.5. The van der Waals surface area contributed by atoms with E-state index in [1.165, 1.54) is 16.2 Å². The van der Waals surface area contributed by atoms with Crippen molar-refractivity contribution in [1.82, 2.24) is 14.3 Å². The van der Waals surface area contributed by atoms with Crippen LogP contribution in [0, 0.1) is 6.92 Å². The Morgan fingerprint density at radius 1 is 1.21 bits per heavy atom. The van der Waals surface area contributed by atoms with E-state index in [1.54, 1.807) is 30.3 Å². The van der Waals surface area contributed by atoms with Gasteiger partial charge in [-0.05, 0) is 55.7 Å². The van der Waals surface area contributed by atoms with E-state index in [2.05, 4.69) is 10.3 Å². The third-order valence-corrected chi connectivity index (χ3v) is 6.74. The van der Waals surface area contributed by atoms with E-state index in [1.807, 2.05) is 44.2 Å². The molecule has 0 spiro atoms. The van der Waals surface area contributed by atoms with Crippen molar-refractivity contribution < 1.29 is 9.53 Å². The third kappa shape index (κ3) is 4.65. The first-order chi connectivity index (χ1) is 15.9. The molecule has 1 N–H and O–H groups in total. The van der Waals surface area contributed by atoms with Crippen LogP contribution >= 0.6 is 24.0 Å². The number of amides is 1. The molecule has 0 radical (unpaired) electrons. The molecular weight excluding hydrogens is 456 g/mol. The molecule has 0 atom stereocenters. The Kier molecular flexibility index (Phi) is 6.80. The van der Waals surface area contributed by atoms with Gasteiger partial charge in [0.1, 0.15) is 21.5 Å². The predicted molar refractivity (Wildman–Crippen MR) is 137 cm³/mol. The van der Waals surface area contributed by atoms with Gasteiger partial charge in [-0.1, -0.05) is 42.2 Å². The van der Waals surface area contributed by atoms with Crippen LogP contribution in [-0.2, 0) is 11.2 Å². The molecule has 1 fully saturated rings. The number of methoxy groups -OCH3 is 1. The summed E-state index contributed by atoms with van der Waals surface area (Å²) in [6.45, 7) is 4.90. The molecule has 1 aliphatic rings. The fourth-order valence-electron chi connectivity index (χ4n) is 3.60. The highest BCUT2D eigenvalue weighted by molar-refractivity contribution is 8.26. The molecule has 7 nitrogen and oxygen atoms in total. The monoisotopic (exact) mass is 480 g/mol. The largest absolute Gasteiger partial charge is 0.497 e. The van der Waals surface area contributed by atoms with Gasteiger partial charge in [0.2, 0.25) is 0 Å². The quantitative estimate of drug-likeness (QED) is 0.406. The van der Waals surface area contributed by atoms with Gasteiger partial charge in [0.05, 0.1) is 17.6 Å². The van der Waals surface area contributed by atoms with E-state index in [0.717, 1.165) is 16.9 Å². The first-order valence-corrected chi connectivity index (χ1v) is 11.8. The second-order valence-electron chi connectivity index (χ2n) is 7.53. The molecule has 0 unspecified atom stereocenters. The van der Waals surface area contributed by atoms with Crippen molar-refractivity contribution in [3.05, 3.63) is 74.5 Å². The summed E-state index contributed by atoms with van der Waals surface area (Å²) in [6, 6.07) is 11.4. The van der Waals surface area contributed by atoms with E-state index in [4.69, 9.17) is 17.0 Å². The van der Waals surface area contributed by atoms with Crippen LogP contribution < -0.4 is 15.6 Å². The first kappa shape index (κ1) is 23.0. The zero-order valence-corrected chi connectivity index (χ0v) is 20.3. The maximum absolute atomic E-state index is 13.3. The molecule has 1 amide bonds. The number of fused-ring (bicyclic) bond motifs is 1. The summed E-state index contributed by atoms with van der Waals surface area (Å²) < 4.78 is 7.18. The van der Waals surface area contributed by atoms with Gasteiger partial charge in [0, 0.05) is 19.3 Å². The van der Waals surface area contributed by atoms with Crippen LogP contribution in [0.15, 0.2) is 52.3 Å². The molecule has 3 heterocycles. The summed E-state index contributed by atoms with van der Waals surface area (Å²) in [6.07, 6.45) is 3.95. The Balaban J connectivity index is 1.63. The van der Waals surface area contributed by atoms with Gasteiger partial charge in [0.25, 0.3) is 11.5 Å². The Bertz CT molecular complexity index is 1320. The number of thioether (sulfide) groups is 1. The van der Waals surface area contributed by atoms with Crippen molar-refractivity contribution in [2.45, 2.75) is 20.3 Å². The van der Waals surface area contributed by atoms with Gasteiger partial charge in [-0.25, -0.2) is 4.98 Å². The van der Waals surface area contributed by atoms with Crippen molar-refractivity contribution in [2.75, 3.05) is 25.5 Å². The first-order valence-electron chi connectivity index (χ1n) is 10.6. The van der Waals surface area contributed by atoms with Crippen LogP contribution in [0.2, 0.25) is 0 Å². The minimum atomic E-state index is -0.233. The summed E-state index contributed by atoms with van der Waals surface area (Å²) in [5, 5.41) is 3.16. The Hall–Kier alpha value is -3.17. The molecule has 4 rings (SSSR count). The van der Waals surface area contributed by atoms with Crippen molar-refractivity contribution in [2.24, 2.45) is 0 Å². The van der Waals surface area contributed by atoms with Crippen molar-refractivity contribution in [1.29, 1.82) is 0 Å². The minimum Gasteiger partial charge on any atom is -0.497 e. The molecule has 3 aromatic rings. The Labute approximate surface area is 201 Å². The second kappa shape index (κ2) is 9.76. The summed E-state index contributed by atoms with van der Waals surface area (Å²) in [4.78, 5) is 33.0. The standard InChI is InChI=1S/C24H24N4O3S2/c1-4-25-20-18(22(29)27-12-5-6-15(2)21(27)26-20)14-19-23(30)28(24(32)33-19)13-11-16-7-9-17(31-3)10-8-16/h5-10,12,14,25H,4,11,13H2,1-3H3/b19-14+. The number of pyridine rings is 1. The van der Waals surface area contributed by atoms with Gasteiger partial charge in [-0.2, -0.15) is 0 Å². The molecule has 1 aliphatic heterocycles. The molecule has 2 aromatic heterocycles. The average Bonchev–Trinajstić information content (AvgIpc) is 3.08.